The molecule has 1 heterocycles. The van der Waals surface area contributed by atoms with Gasteiger partial charge in [0.05, 0.1) is 0 Å². The van der Waals surface area contributed by atoms with Gasteiger partial charge in [-0.05, 0) is 42.7 Å². The highest BCUT2D eigenvalue weighted by Crippen LogP contribution is 2.25. The molecule has 0 aliphatic carbocycles. The number of carbonyl (C=O) groups is 1. The van der Waals surface area contributed by atoms with Gasteiger partial charge in [0.25, 0.3) is 5.91 Å². The van der Waals surface area contributed by atoms with Crippen molar-refractivity contribution in [3.63, 3.8) is 0 Å². The summed E-state index contributed by atoms with van der Waals surface area (Å²) in [5, 5.41) is 7.45. The van der Waals surface area contributed by atoms with E-state index in [9.17, 15) is 4.79 Å². The Balaban J connectivity index is 0.00000312. The van der Waals surface area contributed by atoms with Crippen LogP contribution in [0.4, 0.5) is 0 Å². The van der Waals surface area contributed by atoms with Gasteiger partial charge in [0.2, 0.25) is 0 Å². The van der Waals surface area contributed by atoms with Crippen LogP contribution in [0, 0.1) is 0 Å². The zero-order valence-corrected chi connectivity index (χ0v) is 18.4. The molecule has 1 aliphatic heterocycles. The number of nitrogens with one attached hydrogen (secondary N) is 2. The van der Waals surface area contributed by atoms with Gasteiger partial charge < -0.3 is 15.5 Å². The van der Waals surface area contributed by atoms with Crippen molar-refractivity contribution in [1.29, 1.82) is 0 Å². The number of halogens is 1. The fourth-order valence-electron chi connectivity index (χ4n) is 2.68. The molecule has 1 aromatic carbocycles. The Morgan fingerprint density at radius 2 is 2.16 bits per heavy atom. The molecular formula is C18H29IN4OS. The normalized spacial score (nSPS) is 16.9. The van der Waals surface area contributed by atoms with Crippen molar-refractivity contribution in [2.45, 2.75) is 24.5 Å². The van der Waals surface area contributed by atoms with Crippen LogP contribution < -0.4 is 10.6 Å². The number of nitrogens with zero attached hydrogens (tertiary/aromatic N) is 2. The maximum atomic E-state index is 12.0. The molecule has 0 spiro atoms. The van der Waals surface area contributed by atoms with Crippen molar-refractivity contribution in [2.75, 3.05) is 40.0 Å². The number of guanidine groups is 1. The maximum absolute atomic E-state index is 12.0. The third kappa shape index (κ3) is 7.43. The van der Waals surface area contributed by atoms with Crippen LogP contribution in [-0.4, -0.2) is 62.0 Å². The molecule has 0 saturated carbocycles. The SMILES string of the molecule is CN=C(NCCc1cccc(C(=O)N(C)C)c1)NCC1CCCS1.I. The summed E-state index contributed by atoms with van der Waals surface area (Å²) in [6.45, 7) is 1.76. The average Bonchev–Trinajstić information content (AvgIpc) is 3.11. The molecule has 1 atom stereocenters. The monoisotopic (exact) mass is 476 g/mol. The standard InChI is InChI=1S/C18H28N4OS.HI/c1-19-18(21-13-16-8-5-11-24-16)20-10-9-14-6-4-7-15(12-14)17(23)22(2)3;/h4,6-7,12,16H,5,8-11,13H2,1-3H3,(H2,19,20,21);1H. The number of benzene rings is 1. The van der Waals surface area contributed by atoms with Gasteiger partial charge in [-0.15, -0.1) is 24.0 Å². The Hall–Kier alpha value is -0.960. The minimum Gasteiger partial charge on any atom is -0.356 e. The van der Waals surface area contributed by atoms with Crippen molar-refractivity contribution in [1.82, 2.24) is 15.5 Å². The lowest BCUT2D eigenvalue weighted by Gasteiger charge is -2.15. The van der Waals surface area contributed by atoms with E-state index in [4.69, 9.17) is 0 Å². The van der Waals surface area contributed by atoms with Crippen molar-refractivity contribution >= 4 is 47.6 Å². The zero-order valence-electron chi connectivity index (χ0n) is 15.2. The molecule has 0 bridgehead atoms. The van der Waals surface area contributed by atoms with Crippen molar-refractivity contribution in [2.24, 2.45) is 4.99 Å². The summed E-state index contributed by atoms with van der Waals surface area (Å²) in [7, 11) is 5.34. The smallest absolute Gasteiger partial charge is 0.253 e. The molecule has 0 radical (unpaired) electrons. The Bertz CT molecular complexity index is 574. The van der Waals surface area contributed by atoms with E-state index in [-0.39, 0.29) is 29.9 Å². The van der Waals surface area contributed by atoms with Gasteiger partial charge in [0.1, 0.15) is 0 Å². The number of thioether (sulfide) groups is 1. The summed E-state index contributed by atoms with van der Waals surface area (Å²) in [6.07, 6.45) is 3.47. The predicted molar refractivity (Wildman–Crippen MR) is 118 cm³/mol. The summed E-state index contributed by atoms with van der Waals surface area (Å²) < 4.78 is 0. The van der Waals surface area contributed by atoms with Crippen LogP contribution in [0.5, 0.6) is 0 Å². The largest absolute Gasteiger partial charge is 0.356 e. The van der Waals surface area contributed by atoms with Crippen LogP contribution in [0.15, 0.2) is 29.3 Å². The van der Waals surface area contributed by atoms with E-state index < -0.39 is 0 Å². The second-order valence-electron chi connectivity index (χ2n) is 6.16. The first-order chi connectivity index (χ1) is 11.6. The van der Waals surface area contributed by atoms with E-state index in [0.29, 0.717) is 5.25 Å². The van der Waals surface area contributed by atoms with E-state index in [1.54, 1.807) is 26.0 Å². The molecule has 1 amide bonds. The number of carbonyl (C=O) groups excluding carboxylic acids is 1. The molecule has 2 N–H and O–H groups in total. The molecule has 140 valence electrons. The van der Waals surface area contributed by atoms with Gasteiger partial charge in [0, 0.05) is 45.0 Å². The van der Waals surface area contributed by atoms with Crippen LogP contribution in [-0.2, 0) is 6.42 Å². The van der Waals surface area contributed by atoms with E-state index >= 15 is 0 Å². The van der Waals surface area contributed by atoms with Crippen molar-refractivity contribution in [3.8, 4) is 0 Å². The number of hydrogen-bond acceptors (Lipinski definition) is 3. The Morgan fingerprint density at radius 3 is 2.80 bits per heavy atom. The molecule has 2 rings (SSSR count). The van der Waals surface area contributed by atoms with E-state index in [1.165, 1.54) is 18.6 Å². The second kappa shape index (κ2) is 11.6. The van der Waals surface area contributed by atoms with E-state index in [1.807, 2.05) is 30.0 Å². The summed E-state index contributed by atoms with van der Waals surface area (Å²) in [5.41, 5.74) is 1.88. The Morgan fingerprint density at radius 1 is 1.36 bits per heavy atom. The van der Waals surface area contributed by atoms with Gasteiger partial charge in [0.15, 0.2) is 5.96 Å². The highest BCUT2D eigenvalue weighted by Gasteiger charge is 2.15. The quantitative estimate of drug-likeness (QED) is 0.377. The van der Waals surface area contributed by atoms with E-state index in [2.05, 4.69) is 21.7 Å². The highest BCUT2D eigenvalue weighted by molar-refractivity contribution is 14.0. The Kier molecular flexibility index (Phi) is 10.3. The lowest BCUT2D eigenvalue weighted by atomic mass is 10.1. The van der Waals surface area contributed by atoms with Crippen LogP contribution in [0.25, 0.3) is 0 Å². The molecule has 25 heavy (non-hydrogen) atoms. The lowest BCUT2D eigenvalue weighted by Crippen LogP contribution is -2.40. The minimum absolute atomic E-state index is 0. The minimum atomic E-state index is 0. The molecule has 1 aliphatic rings. The summed E-state index contributed by atoms with van der Waals surface area (Å²) in [4.78, 5) is 17.9. The zero-order chi connectivity index (χ0) is 17.4. The molecule has 5 nitrogen and oxygen atoms in total. The summed E-state index contributed by atoms with van der Waals surface area (Å²) in [6, 6.07) is 7.82. The third-order valence-corrected chi connectivity index (χ3v) is 5.43. The first-order valence-corrected chi connectivity index (χ1v) is 9.51. The lowest BCUT2D eigenvalue weighted by molar-refractivity contribution is 0.0827. The third-order valence-electron chi connectivity index (χ3n) is 4.03. The molecule has 1 fully saturated rings. The molecular weight excluding hydrogens is 447 g/mol. The summed E-state index contributed by atoms with van der Waals surface area (Å²) >= 11 is 2.04. The van der Waals surface area contributed by atoms with Crippen LogP contribution >= 0.6 is 35.7 Å². The maximum Gasteiger partial charge on any atom is 0.253 e. The van der Waals surface area contributed by atoms with Crippen LogP contribution in [0.2, 0.25) is 0 Å². The second-order valence-corrected chi connectivity index (χ2v) is 7.57. The fraction of sp³-hybridized carbons (Fsp3) is 0.556. The fourth-order valence-corrected chi connectivity index (χ4v) is 3.88. The first-order valence-electron chi connectivity index (χ1n) is 8.47. The highest BCUT2D eigenvalue weighted by atomic mass is 127. The van der Waals surface area contributed by atoms with Crippen molar-refractivity contribution in [3.05, 3.63) is 35.4 Å². The Labute approximate surface area is 172 Å². The predicted octanol–water partition coefficient (Wildman–Crippen LogP) is 2.61. The summed E-state index contributed by atoms with van der Waals surface area (Å²) in [5.74, 6) is 2.17. The molecule has 7 heteroatoms. The van der Waals surface area contributed by atoms with E-state index in [0.717, 1.165) is 36.6 Å². The molecule has 1 aromatic rings. The number of rotatable bonds is 6. The van der Waals surface area contributed by atoms with Gasteiger partial charge in [-0.25, -0.2) is 0 Å². The molecule has 0 aromatic heterocycles. The number of hydrogen-bond donors (Lipinski definition) is 2. The van der Waals surface area contributed by atoms with Crippen LogP contribution in [0.1, 0.15) is 28.8 Å². The van der Waals surface area contributed by atoms with Crippen LogP contribution in [0.3, 0.4) is 0 Å². The topological polar surface area (TPSA) is 56.7 Å². The number of aliphatic imine (C=N–C) groups is 1. The first kappa shape index (κ1) is 22.1. The van der Waals surface area contributed by atoms with Crippen molar-refractivity contribution < 1.29 is 4.79 Å². The molecule has 1 saturated heterocycles. The number of amides is 1. The molecule has 1 unspecified atom stereocenters. The van der Waals surface area contributed by atoms with Gasteiger partial charge in [-0.1, -0.05) is 12.1 Å². The van der Waals surface area contributed by atoms with Gasteiger partial charge in [-0.3, -0.25) is 9.79 Å². The average molecular weight is 476 g/mol. The van der Waals surface area contributed by atoms with Gasteiger partial charge >= 0.3 is 0 Å². The van der Waals surface area contributed by atoms with Gasteiger partial charge in [-0.2, -0.15) is 11.8 Å².